The molecule has 0 unspecified atom stereocenters. The largest absolute Gasteiger partial charge is 0.356 e. The van der Waals surface area contributed by atoms with Crippen LogP contribution in [0.25, 0.3) is 0 Å². The van der Waals surface area contributed by atoms with Crippen molar-refractivity contribution >= 4 is 5.91 Å². The Hall–Kier alpha value is -2.14. The lowest BCUT2D eigenvalue weighted by Crippen LogP contribution is -2.34. The van der Waals surface area contributed by atoms with E-state index in [1.807, 2.05) is 6.20 Å². The third-order valence-electron chi connectivity index (χ3n) is 7.08. The van der Waals surface area contributed by atoms with Crippen LogP contribution in [-0.4, -0.2) is 40.2 Å². The van der Waals surface area contributed by atoms with E-state index < -0.39 is 0 Å². The molecule has 2 heterocycles. The second-order valence-corrected chi connectivity index (χ2v) is 9.56. The van der Waals surface area contributed by atoms with E-state index in [0.29, 0.717) is 6.42 Å². The van der Waals surface area contributed by atoms with Crippen molar-refractivity contribution in [1.29, 1.82) is 0 Å². The van der Waals surface area contributed by atoms with E-state index >= 15 is 0 Å². The minimum Gasteiger partial charge on any atom is -0.356 e. The molecular formula is C26H38N4O. The highest BCUT2D eigenvalue weighted by Crippen LogP contribution is 2.27. The van der Waals surface area contributed by atoms with Crippen molar-refractivity contribution in [2.24, 2.45) is 11.8 Å². The van der Waals surface area contributed by atoms with Gasteiger partial charge in [0.2, 0.25) is 5.91 Å². The van der Waals surface area contributed by atoms with E-state index in [1.165, 1.54) is 67.6 Å². The second kappa shape index (κ2) is 10.4. The number of nitrogens with one attached hydrogen (secondary N) is 1. The topological polar surface area (TPSA) is 50.2 Å². The molecule has 0 bridgehead atoms. The predicted octanol–water partition coefficient (Wildman–Crippen LogP) is 4.12. The molecule has 0 atom stereocenters. The number of hydrogen-bond donors (Lipinski definition) is 1. The molecule has 2 aliphatic rings. The van der Waals surface area contributed by atoms with E-state index in [2.05, 4.69) is 58.1 Å². The summed E-state index contributed by atoms with van der Waals surface area (Å²) in [6, 6.07) is 8.97. The molecule has 1 aromatic heterocycles. The van der Waals surface area contributed by atoms with Crippen LogP contribution < -0.4 is 5.32 Å². The molecule has 2 fully saturated rings. The highest BCUT2D eigenvalue weighted by molar-refractivity contribution is 5.76. The minimum absolute atomic E-state index is 0.194. The lowest BCUT2D eigenvalue weighted by atomic mass is 9.89. The number of carbonyl (C=O) groups is 1. The number of amides is 1. The number of piperidine rings is 1. The molecule has 1 amide bonds. The number of carbonyl (C=O) groups excluding carboxylic acids is 1. The first kappa shape index (κ1) is 22.1. The normalized spacial score (nSPS) is 17.7. The molecular weight excluding hydrogens is 384 g/mol. The zero-order chi connectivity index (χ0) is 21.6. The number of rotatable bonds is 10. The van der Waals surface area contributed by atoms with Gasteiger partial charge in [-0.3, -0.25) is 14.4 Å². The summed E-state index contributed by atoms with van der Waals surface area (Å²) >= 11 is 0. The van der Waals surface area contributed by atoms with E-state index in [1.54, 1.807) is 0 Å². The van der Waals surface area contributed by atoms with Crippen LogP contribution in [0.5, 0.6) is 0 Å². The molecule has 4 rings (SSSR count). The molecule has 1 aromatic carbocycles. The van der Waals surface area contributed by atoms with Gasteiger partial charge in [0.1, 0.15) is 0 Å². The monoisotopic (exact) mass is 422 g/mol. The van der Waals surface area contributed by atoms with E-state index in [4.69, 9.17) is 0 Å². The Balaban J connectivity index is 1.17. The number of likely N-dealkylation sites (tertiary alicyclic amines) is 1. The average Bonchev–Trinajstić information content (AvgIpc) is 3.56. The first-order chi connectivity index (χ1) is 15.1. The molecule has 5 heteroatoms. The molecule has 168 valence electrons. The summed E-state index contributed by atoms with van der Waals surface area (Å²) in [5.41, 5.74) is 5.38. The Labute approximate surface area is 187 Å². The maximum absolute atomic E-state index is 11.9. The van der Waals surface area contributed by atoms with Crippen LogP contribution in [0, 0.1) is 18.8 Å². The maximum Gasteiger partial charge on any atom is 0.220 e. The molecule has 1 aliphatic heterocycles. The smallest absolute Gasteiger partial charge is 0.220 e. The first-order valence-electron chi connectivity index (χ1n) is 12.2. The van der Waals surface area contributed by atoms with Crippen molar-refractivity contribution in [3.05, 3.63) is 52.8 Å². The highest BCUT2D eigenvalue weighted by atomic mass is 16.1. The fourth-order valence-corrected chi connectivity index (χ4v) is 4.65. The van der Waals surface area contributed by atoms with Crippen molar-refractivity contribution in [3.63, 3.8) is 0 Å². The molecule has 31 heavy (non-hydrogen) atoms. The van der Waals surface area contributed by atoms with E-state index in [-0.39, 0.29) is 5.91 Å². The number of nitrogens with zero attached hydrogens (tertiary/aromatic N) is 3. The number of benzene rings is 1. The summed E-state index contributed by atoms with van der Waals surface area (Å²) < 4.78 is 2.09. The van der Waals surface area contributed by atoms with Gasteiger partial charge in [0.15, 0.2) is 0 Å². The number of aryl methyl sites for hydroxylation is 2. The van der Waals surface area contributed by atoms with Crippen molar-refractivity contribution < 1.29 is 4.79 Å². The maximum atomic E-state index is 11.9. The summed E-state index contributed by atoms with van der Waals surface area (Å²) in [4.78, 5) is 14.5. The van der Waals surface area contributed by atoms with Gasteiger partial charge in [-0.15, -0.1) is 0 Å². The standard InChI is InChI=1S/C26H38N4O/c1-3-30-20(2)25(18-28-30)19-29-14-12-23(13-15-29)16-22-6-4-21(5-7-22)10-11-26(31)27-17-24-8-9-24/h4-7,18,23-24H,3,8-17,19H2,1-2H3,(H,27,31). The van der Waals surface area contributed by atoms with Crippen LogP contribution in [0.1, 0.15) is 61.4 Å². The summed E-state index contributed by atoms with van der Waals surface area (Å²) in [6.07, 6.45) is 9.75. The molecule has 0 radical (unpaired) electrons. The third kappa shape index (κ3) is 6.42. The lowest BCUT2D eigenvalue weighted by Gasteiger charge is -2.32. The van der Waals surface area contributed by atoms with E-state index in [9.17, 15) is 4.79 Å². The number of aromatic nitrogens is 2. The summed E-state index contributed by atoms with van der Waals surface area (Å²) in [5, 5.41) is 7.55. The predicted molar refractivity (Wildman–Crippen MR) is 125 cm³/mol. The molecule has 1 saturated carbocycles. The Kier molecular flexibility index (Phi) is 7.44. The fraction of sp³-hybridized carbons (Fsp3) is 0.615. The van der Waals surface area contributed by atoms with Crippen LogP contribution in [0.15, 0.2) is 30.5 Å². The molecule has 0 spiro atoms. The van der Waals surface area contributed by atoms with Crippen LogP contribution in [0.2, 0.25) is 0 Å². The highest BCUT2D eigenvalue weighted by Gasteiger charge is 2.22. The molecule has 2 aromatic rings. The molecule has 1 aliphatic carbocycles. The van der Waals surface area contributed by atoms with Gasteiger partial charge in [0, 0.05) is 37.3 Å². The SMILES string of the molecule is CCn1ncc(CN2CCC(Cc3ccc(CCC(=O)NCC4CC4)cc3)CC2)c1C. The molecule has 5 nitrogen and oxygen atoms in total. The Morgan fingerprint density at radius 2 is 1.77 bits per heavy atom. The average molecular weight is 423 g/mol. The van der Waals surface area contributed by atoms with Gasteiger partial charge in [0.05, 0.1) is 6.20 Å². The fourth-order valence-electron chi connectivity index (χ4n) is 4.65. The van der Waals surface area contributed by atoms with Gasteiger partial charge in [-0.05, 0) is 88.4 Å². The third-order valence-corrected chi connectivity index (χ3v) is 7.08. The first-order valence-corrected chi connectivity index (χ1v) is 12.2. The van der Waals surface area contributed by atoms with Crippen molar-refractivity contribution in [2.45, 2.75) is 71.9 Å². The van der Waals surface area contributed by atoms with Crippen LogP contribution >= 0.6 is 0 Å². The molecule has 1 N–H and O–H groups in total. The van der Waals surface area contributed by atoms with Crippen LogP contribution in [0.3, 0.4) is 0 Å². The van der Waals surface area contributed by atoms with Gasteiger partial charge >= 0.3 is 0 Å². The quantitative estimate of drug-likeness (QED) is 0.626. The Morgan fingerprint density at radius 3 is 2.42 bits per heavy atom. The van der Waals surface area contributed by atoms with Gasteiger partial charge in [-0.2, -0.15) is 5.10 Å². The Morgan fingerprint density at radius 1 is 1.06 bits per heavy atom. The number of hydrogen-bond acceptors (Lipinski definition) is 3. The minimum atomic E-state index is 0.194. The zero-order valence-electron chi connectivity index (χ0n) is 19.3. The van der Waals surface area contributed by atoms with Gasteiger partial charge in [0.25, 0.3) is 0 Å². The van der Waals surface area contributed by atoms with E-state index in [0.717, 1.165) is 37.9 Å². The van der Waals surface area contributed by atoms with Crippen molar-refractivity contribution in [2.75, 3.05) is 19.6 Å². The van der Waals surface area contributed by atoms with Gasteiger partial charge in [-0.1, -0.05) is 24.3 Å². The zero-order valence-corrected chi connectivity index (χ0v) is 19.3. The summed E-state index contributed by atoms with van der Waals surface area (Å²) in [7, 11) is 0. The summed E-state index contributed by atoms with van der Waals surface area (Å²) in [5.74, 6) is 1.72. The van der Waals surface area contributed by atoms with Crippen molar-refractivity contribution in [3.8, 4) is 0 Å². The molecule has 1 saturated heterocycles. The van der Waals surface area contributed by atoms with Gasteiger partial charge in [-0.25, -0.2) is 0 Å². The van der Waals surface area contributed by atoms with Gasteiger partial charge < -0.3 is 5.32 Å². The van der Waals surface area contributed by atoms with Crippen molar-refractivity contribution in [1.82, 2.24) is 20.0 Å². The van der Waals surface area contributed by atoms with Crippen LogP contribution in [0.4, 0.5) is 0 Å². The summed E-state index contributed by atoms with van der Waals surface area (Å²) in [6.45, 7) is 9.53. The second-order valence-electron chi connectivity index (χ2n) is 9.56. The lowest BCUT2D eigenvalue weighted by molar-refractivity contribution is -0.121. The van der Waals surface area contributed by atoms with Crippen LogP contribution in [-0.2, 0) is 30.7 Å². The Bertz CT molecular complexity index is 845.